The minimum absolute atomic E-state index is 0.702. The molecule has 5 rings (SSSR count). The van der Waals surface area contributed by atoms with E-state index < -0.39 is 0 Å². The highest BCUT2D eigenvalue weighted by Crippen LogP contribution is 2.33. The molecule has 3 aromatic heterocycles. The Hall–Kier alpha value is -3.18. The Bertz CT molecular complexity index is 1200. The Kier molecular flexibility index (Phi) is 4.07. The first-order valence-corrected chi connectivity index (χ1v) is 9.77. The number of nitrogens with one attached hydrogen (secondary N) is 1. The van der Waals surface area contributed by atoms with Crippen LogP contribution in [0, 0.1) is 0 Å². The van der Waals surface area contributed by atoms with Gasteiger partial charge in [-0.2, -0.15) is 0 Å². The highest BCUT2D eigenvalue weighted by molar-refractivity contribution is 7.09. The van der Waals surface area contributed by atoms with E-state index in [9.17, 15) is 0 Å². The molecule has 0 saturated heterocycles. The summed E-state index contributed by atoms with van der Waals surface area (Å²) in [6, 6.07) is 22.3. The van der Waals surface area contributed by atoms with Gasteiger partial charge in [-0.1, -0.05) is 48.5 Å². The lowest BCUT2D eigenvalue weighted by molar-refractivity contribution is 0.666. The first-order valence-electron chi connectivity index (χ1n) is 8.89. The summed E-state index contributed by atoms with van der Waals surface area (Å²) >= 11 is 1.77. The van der Waals surface area contributed by atoms with Crippen molar-refractivity contribution in [1.82, 2.24) is 9.97 Å². The summed E-state index contributed by atoms with van der Waals surface area (Å²) in [5, 5.41) is 6.57. The third-order valence-corrected chi connectivity index (χ3v) is 5.43. The monoisotopic (exact) mass is 371 g/mol. The molecule has 0 amide bonds. The van der Waals surface area contributed by atoms with Gasteiger partial charge >= 0.3 is 0 Å². The average Bonchev–Trinajstić information content (AvgIpc) is 3.36. The lowest BCUT2D eigenvalue weighted by atomic mass is 10.2. The van der Waals surface area contributed by atoms with Gasteiger partial charge in [-0.05, 0) is 30.0 Å². The standard InChI is InChI=1S/C22H17N3OS/c1-2-7-15(8-3-1)21-24-19-17-10-4-5-11-18(17)26-20(19)22(25-21)23-13-12-16-9-6-14-27-16/h1-11,14H,12-13H2,(H,23,24,25). The molecule has 3 heterocycles. The van der Waals surface area contributed by atoms with Crippen molar-refractivity contribution in [2.45, 2.75) is 6.42 Å². The van der Waals surface area contributed by atoms with Gasteiger partial charge in [-0.15, -0.1) is 11.3 Å². The van der Waals surface area contributed by atoms with Crippen LogP contribution in [0.3, 0.4) is 0 Å². The van der Waals surface area contributed by atoms with Crippen LogP contribution in [-0.2, 0) is 6.42 Å². The predicted octanol–water partition coefficient (Wildman–Crippen LogP) is 5.76. The molecule has 0 atom stereocenters. The molecule has 0 spiro atoms. The van der Waals surface area contributed by atoms with Crippen LogP contribution >= 0.6 is 11.3 Å². The van der Waals surface area contributed by atoms with E-state index in [1.807, 2.05) is 54.6 Å². The fraction of sp³-hybridized carbons (Fsp3) is 0.0909. The number of benzene rings is 2. The second kappa shape index (κ2) is 6.85. The van der Waals surface area contributed by atoms with Crippen LogP contribution in [0.4, 0.5) is 5.82 Å². The molecule has 0 aliphatic carbocycles. The van der Waals surface area contributed by atoms with Crippen LogP contribution in [0.2, 0.25) is 0 Å². The summed E-state index contributed by atoms with van der Waals surface area (Å²) in [5.74, 6) is 1.44. The maximum atomic E-state index is 6.08. The smallest absolute Gasteiger partial charge is 0.196 e. The molecule has 0 unspecified atom stereocenters. The molecule has 5 aromatic rings. The van der Waals surface area contributed by atoms with Crippen molar-refractivity contribution in [2.24, 2.45) is 0 Å². The first kappa shape index (κ1) is 16.0. The molecule has 0 fully saturated rings. The number of para-hydroxylation sites is 1. The lowest BCUT2D eigenvalue weighted by Gasteiger charge is -2.08. The summed E-state index contributed by atoms with van der Waals surface area (Å²) in [4.78, 5) is 10.9. The summed E-state index contributed by atoms with van der Waals surface area (Å²) in [5.41, 5.74) is 3.37. The van der Waals surface area contributed by atoms with Gasteiger partial charge in [0.15, 0.2) is 17.2 Å². The van der Waals surface area contributed by atoms with E-state index in [0.29, 0.717) is 11.4 Å². The average molecular weight is 371 g/mol. The molecular weight excluding hydrogens is 354 g/mol. The Morgan fingerprint density at radius 2 is 1.74 bits per heavy atom. The molecule has 0 aliphatic heterocycles. The van der Waals surface area contributed by atoms with Gasteiger partial charge in [0.2, 0.25) is 0 Å². The van der Waals surface area contributed by atoms with E-state index in [2.05, 4.69) is 22.8 Å². The van der Waals surface area contributed by atoms with Gasteiger partial charge in [0.05, 0.1) is 0 Å². The van der Waals surface area contributed by atoms with Crippen molar-refractivity contribution in [3.05, 3.63) is 77.0 Å². The molecule has 4 nitrogen and oxygen atoms in total. The minimum atomic E-state index is 0.702. The van der Waals surface area contributed by atoms with E-state index in [-0.39, 0.29) is 0 Å². The summed E-state index contributed by atoms with van der Waals surface area (Å²) in [6.07, 6.45) is 0.948. The minimum Gasteiger partial charge on any atom is -0.450 e. The highest BCUT2D eigenvalue weighted by Gasteiger charge is 2.16. The van der Waals surface area contributed by atoms with Gasteiger partial charge in [-0.25, -0.2) is 9.97 Å². The highest BCUT2D eigenvalue weighted by atomic mass is 32.1. The van der Waals surface area contributed by atoms with Crippen LogP contribution in [0.1, 0.15) is 4.88 Å². The van der Waals surface area contributed by atoms with Gasteiger partial charge < -0.3 is 9.73 Å². The van der Waals surface area contributed by atoms with Gasteiger partial charge in [0.25, 0.3) is 0 Å². The number of furan rings is 1. The second-order valence-electron chi connectivity index (χ2n) is 6.29. The summed E-state index contributed by atoms with van der Waals surface area (Å²) in [7, 11) is 0. The third-order valence-electron chi connectivity index (χ3n) is 4.50. The number of rotatable bonds is 5. The number of hydrogen-bond donors (Lipinski definition) is 1. The number of thiophene rings is 1. The first-order chi connectivity index (χ1) is 13.4. The summed E-state index contributed by atoms with van der Waals surface area (Å²) in [6.45, 7) is 0.790. The Morgan fingerprint density at radius 3 is 2.59 bits per heavy atom. The molecule has 0 bridgehead atoms. The zero-order valence-electron chi connectivity index (χ0n) is 14.6. The molecule has 132 valence electrons. The third kappa shape index (κ3) is 3.06. The van der Waals surface area contributed by atoms with Crippen molar-refractivity contribution in [1.29, 1.82) is 0 Å². The summed E-state index contributed by atoms with van der Waals surface area (Å²) < 4.78 is 6.08. The van der Waals surface area contributed by atoms with Crippen LogP contribution < -0.4 is 5.32 Å². The van der Waals surface area contributed by atoms with Crippen molar-refractivity contribution >= 4 is 39.2 Å². The quantitative estimate of drug-likeness (QED) is 0.427. The zero-order valence-corrected chi connectivity index (χ0v) is 15.4. The van der Waals surface area contributed by atoms with Crippen molar-refractivity contribution in [2.75, 3.05) is 11.9 Å². The fourth-order valence-electron chi connectivity index (χ4n) is 3.19. The van der Waals surface area contributed by atoms with Crippen LogP contribution in [-0.4, -0.2) is 16.5 Å². The van der Waals surface area contributed by atoms with E-state index in [1.54, 1.807) is 11.3 Å². The molecule has 0 radical (unpaired) electrons. The topological polar surface area (TPSA) is 51.0 Å². The van der Waals surface area contributed by atoms with Crippen molar-refractivity contribution < 1.29 is 4.42 Å². The van der Waals surface area contributed by atoms with Crippen LogP contribution in [0.5, 0.6) is 0 Å². The number of aromatic nitrogens is 2. The Labute approximate surface area is 160 Å². The molecule has 27 heavy (non-hydrogen) atoms. The zero-order chi connectivity index (χ0) is 18.1. The van der Waals surface area contributed by atoms with Gasteiger partial charge in [-0.3, -0.25) is 0 Å². The molecule has 0 aliphatic rings. The largest absolute Gasteiger partial charge is 0.450 e. The van der Waals surface area contributed by atoms with E-state index in [0.717, 1.165) is 40.8 Å². The van der Waals surface area contributed by atoms with E-state index >= 15 is 0 Å². The van der Waals surface area contributed by atoms with Gasteiger partial charge in [0, 0.05) is 22.4 Å². The van der Waals surface area contributed by atoms with Crippen molar-refractivity contribution in [3.8, 4) is 11.4 Å². The van der Waals surface area contributed by atoms with Crippen molar-refractivity contribution in [3.63, 3.8) is 0 Å². The molecule has 5 heteroatoms. The molecule has 1 N–H and O–H groups in total. The maximum Gasteiger partial charge on any atom is 0.196 e. The number of fused-ring (bicyclic) bond motifs is 3. The van der Waals surface area contributed by atoms with E-state index in [4.69, 9.17) is 14.4 Å². The predicted molar refractivity (Wildman–Crippen MR) is 111 cm³/mol. The number of anilines is 1. The molecule has 2 aromatic carbocycles. The normalized spacial score (nSPS) is 11.3. The maximum absolute atomic E-state index is 6.08. The lowest BCUT2D eigenvalue weighted by Crippen LogP contribution is -2.07. The number of hydrogen-bond acceptors (Lipinski definition) is 5. The SMILES string of the molecule is c1ccc(-c2nc(NCCc3cccs3)c3oc4ccccc4c3n2)cc1. The van der Waals surface area contributed by atoms with Crippen LogP contribution in [0.25, 0.3) is 33.5 Å². The van der Waals surface area contributed by atoms with E-state index in [1.165, 1.54) is 4.88 Å². The molecule has 0 saturated carbocycles. The fourth-order valence-corrected chi connectivity index (χ4v) is 3.89. The Balaban J connectivity index is 1.60. The van der Waals surface area contributed by atoms with Gasteiger partial charge in [0.1, 0.15) is 11.1 Å². The van der Waals surface area contributed by atoms with Crippen LogP contribution in [0.15, 0.2) is 76.5 Å². The molecular formula is C22H17N3OS. The Morgan fingerprint density at radius 1 is 0.889 bits per heavy atom. The second-order valence-corrected chi connectivity index (χ2v) is 7.33. The number of nitrogens with zero attached hydrogens (tertiary/aromatic N) is 2.